The summed E-state index contributed by atoms with van der Waals surface area (Å²) in [4.78, 5) is 8.55. The van der Waals surface area contributed by atoms with Gasteiger partial charge in [-0.2, -0.15) is 0 Å². The van der Waals surface area contributed by atoms with E-state index >= 15 is 0 Å². The van der Waals surface area contributed by atoms with Crippen LogP contribution in [0, 0.1) is 6.92 Å². The van der Waals surface area contributed by atoms with Crippen LogP contribution in [-0.4, -0.2) is 9.97 Å². The minimum Gasteiger partial charge on any atom is -0.384 e. The molecule has 0 fully saturated rings. The van der Waals surface area contributed by atoms with Crippen LogP contribution in [0.1, 0.15) is 5.56 Å². The third-order valence-corrected chi connectivity index (χ3v) is 3.07. The van der Waals surface area contributed by atoms with Crippen LogP contribution in [0.25, 0.3) is 22.0 Å². The number of aryl methyl sites for hydroxylation is 1. The Morgan fingerprint density at radius 3 is 2.72 bits per heavy atom. The molecule has 0 spiro atoms. The Morgan fingerprint density at radius 2 is 1.89 bits per heavy atom. The molecule has 0 atom stereocenters. The van der Waals surface area contributed by atoms with Crippen molar-refractivity contribution in [2.45, 2.75) is 6.92 Å². The van der Waals surface area contributed by atoms with Gasteiger partial charge in [0.05, 0.1) is 5.52 Å². The summed E-state index contributed by atoms with van der Waals surface area (Å²) in [6.45, 7) is 2.04. The molecule has 1 aromatic carbocycles. The van der Waals surface area contributed by atoms with Crippen LogP contribution in [0.15, 0.2) is 48.8 Å². The second-order valence-corrected chi connectivity index (χ2v) is 4.30. The van der Waals surface area contributed by atoms with Gasteiger partial charge in [0.25, 0.3) is 0 Å². The maximum atomic E-state index is 5.69. The quantitative estimate of drug-likeness (QED) is 0.704. The summed E-state index contributed by atoms with van der Waals surface area (Å²) in [5, 5.41) is 1.13. The summed E-state index contributed by atoms with van der Waals surface area (Å²) in [5.41, 5.74) is 10.1. The predicted molar refractivity (Wildman–Crippen MR) is 74.1 cm³/mol. The first-order valence-corrected chi connectivity index (χ1v) is 5.82. The van der Waals surface area contributed by atoms with Crippen LogP contribution in [0.3, 0.4) is 0 Å². The topological polar surface area (TPSA) is 51.8 Å². The van der Waals surface area contributed by atoms with Gasteiger partial charge in [0.1, 0.15) is 5.82 Å². The molecular weight excluding hydrogens is 222 g/mol. The van der Waals surface area contributed by atoms with Crippen LogP contribution in [0.4, 0.5) is 5.82 Å². The summed E-state index contributed by atoms with van der Waals surface area (Å²) >= 11 is 0. The summed E-state index contributed by atoms with van der Waals surface area (Å²) in [5.74, 6) is 0.551. The lowest BCUT2D eigenvalue weighted by Crippen LogP contribution is -1.93. The minimum atomic E-state index is 0.551. The van der Waals surface area contributed by atoms with Gasteiger partial charge in [-0.15, -0.1) is 0 Å². The first-order chi connectivity index (χ1) is 8.75. The van der Waals surface area contributed by atoms with E-state index in [9.17, 15) is 0 Å². The largest absolute Gasteiger partial charge is 0.384 e. The first-order valence-electron chi connectivity index (χ1n) is 5.82. The van der Waals surface area contributed by atoms with Crippen molar-refractivity contribution in [3.8, 4) is 11.1 Å². The molecule has 0 amide bonds. The summed E-state index contributed by atoms with van der Waals surface area (Å²) in [7, 11) is 0. The molecule has 3 nitrogen and oxygen atoms in total. The van der Waals surface area contributed by atoms with Crippen LogP contribution in [-0.2, 0) is 0 Å². The molecule has 2 aromatic heterocycles. The number of anilines is 1. The average molecular weight is 235 g/mol. The maximum Gasteiger partial charge on any atom is 0.123 e. The van der Waals surface area contributed by atoms with Gasteiger partial charge in [0, 0.05) is 23.3 Å². The fourth-order valence-corrected chi connectivity index (χ4v) is 2.20. The number of nitrogens with two attached hydrogens (primary N) is 1. The van der Waals surface area contributed by atoms with Crippen molar-refractivity contribution >= 4 is 16.7 Å². The lowest BCUT2D eigenvalue weighted by Gasteiger charge is -2.09. The molecule has 0 saturated carbocycles. The normalized spacial score (nSPS) is 10.7. The molecule has 0 radical (unpaired) electrons. The monoisotopic (exact) mass is 235 g/mol. The van der Waals surface area contributed by atoms with Gasteiger partial charge in [-0.1, -0.05) is 18.2 Å². The van der Waals surface area contributed by atoms with E-state index in [0.717, 1.165) is 27.6 Å². The molecule has 2 heterocycles. The summed E-state index contributed by atoms with van der Waals surface area (Å²) in [6.07, 6.45) is 3.63. The highest BCUT2D eigenvalue weighted by atomic mass is 14.8. The van der Waals surface area contributed by atoms with Gasteiger partial charge >= 0.3 is 0 Å². The first kappa shape index (κ1) is 10.7. The molecule has 3 heteroatoms. The summed E-state index contributed by atoms with van der Waals surface area (Å²) in [6, 6.07) is 12.0. The van der Waals surface area contributed by atoms with E-state index in [1.807, 2.05) is 37.4 Å². The fourth-order valence-electron chi connectivity index (χ4n) is 2.20. The van der Waals surface area contributed by atoms with Crippen molar-refractivity contribution in [2.75, 3.05) is 5.73 Å². The second kappa shape index (κ2) is 4.11. The number of aromatic nitrogens is 2. The molecule has 2 N–H and O–H groups in total. The number of pyridine rings is 2. The Hall–Kier alpha value is -2.42. The molecule has 3 aromatic rings. The van der Waals surface area contributed by atoms with Crippen molar-refractivity contribution < 1.29 is 0 Å². The number of hydrogen-bond acceptors (Lipinski definition) is 3. The van der Waals surface area contributed by atoms with E-state index in [1.54, 1.807) is 6.20 Å². The molecular formula is C15H13N3. The van der Waals surface area contributed by atoms with Gasteiger partial charge in [-0.05, 0) is 36.2 Å². The highest BCUT2D eigenvalue weighted by Gasteiger charge is 2.07. The van der Waals surface area contributed by atoms with E-state index in [4.69, 9.17) is 5.73 Å². The van der Waals surface area contributed by atoms with E-state index in [2.05, 4.69) is 22.1 Å². The third-order valence-electron chi connectivity index (χ3n) is 3.07. The SMILES string of the molecule is Cc1cc(N)ncc1-c1cccc2ncccc12. The smallest absolute Gasteiger partial charge is 0.123 e. The number of fused-ring (bicyclic) bond motifs is 1. The number of benzene rings is 1. The zero-order chi connectivity index (χ0) is 12.5. The lowest BCUT2D eigenvalue weighted by molar-refractivity contribution is 1.30. The van der Waals surface area contributed by atoms with Crippen molar-refractivity contribution in [1.82, 2.24) is 9.97 Å². The molecule has 0 aliphatic carbocycles. The standard InChI is InChI=1S/C15H13N3/c1-10-8-15(16)18-9-13(10)11-4-2-6-14-12(11)5-3-7-17-14/h2-9H,1H3,(H2,16,18). The van der Waals surface area contributed by atoms with Gasteiger partial charge in [-0.3, -0.25) is 4.98 Å². The molecule has 0 aliphatic heterocycles. The zero-order valence-electron chi connectivity index (χ0n) is 10.1. The zero-order valence-corrected chi connectivity index (χ0v) is 10.1. The highest BCUT2D eigenvalue weighted by molar-refractivity contribution is 5.95. The fraction of sp³-hybridized carbons (Fsp3) is 0.0667. The predicted octanol–water partition coefficient (Wildman–Crippen LogP) is 3.19. The van der Waals surface area contributed by atoms with Gasteiger partial charge < -0.3 is 5.73 Å². The molecule has 0 saturated heterocycles. The third kappa shape index (κ3) is 1.70. The average Bonchev–Trinajstić information content (AvgIpc) is 2.38. The number of nitrogen functional groups attached to an aromatic ring is 1. The summed E-state index contributed by atoms with van der Waals surface area (Å²) < 4.78 is 0. The Morgan fingerprint density at radius 1 is 1.00 bits per heavy atom. The van der Waals surface area contributed by atoms with Gasteiger partial charge in [-0.25, -0.2) is 4.98 Å². The number of nitrogens with zero attached hydrogens (tertiary/aromatic N) is 2. The van der Waals surface area contributed by atoms with Crippen molar-refractivity contribution in [2.24, 2.45) is 0 Å². The second-order valence-electron chi connectivity index (χ2n) is 4.30. The van der Waals surface area contributed by atoms with Crippen LogP contribution >= 0.6 is 0 Å². The van der Waals surface area contributed by atoms with Crippen LogP contribution < -0.4 is 5.73 Å². The van der Waals surface area contributed by atoms with E-state index < -0.39 is 0 Å². The Kier molecular flexibility index (Phi) is 2.45. The highest BCUT2D eigenvalue weighted by Crippen LogP contribution is 2.29. The molecule has 3 rings (SSSR count). The maximum absolute atomic E-state index is 5.69. The molecule has 0 bridgehead atoms. The van der Waals surface area contributed by atoms with Crippen molar-refractivity contribution in [1.29, 1.82) is 0 Å². The molecule has 88 valence electrons. The van der Waals surface area contributed by atoms with E-state index in [1.165, 1.54) is 0 Å². The van der Waals surface area contributed by atoms with Gasteiger partial charge in [0.2, 0.25) is 0 Å². The van der Waals surface area contributed by atoms with Crippen LogP contribution in [0.5, 0.6) is 0 Å². The lowest BCUT2D eigenvalue weighted by atomic mass is 9.98. The minimum absolute atomic E-state index is 0.551. The number of rotatable bonds is 1. The number of hydrogen-bond donors (Lipinski definition) is 1. The Labute approximate surface area is 105 Å². The molecule has 0 aliphatic rings. The van der Waals surface area contributed by atoms with Crippen molar-refractivity contribution in [3.63, 3.8) is 0 Å². The van der Waals surface area contributed by atoms with Gasteiger partial charge in [0.15, 0.2) is 0 Å². The molecule has 18 heavy (non-hydrogen) atoms. The van der Waals surface area contributed by atoms with Crippen molar-refractivity contribution in [3.05, 3.63) is 54.4 Å². The van der Waals surface area contributed by atoms with E-state index in [-0.39, 0.29) is 0 Å². The van der Waals surface area contributed by atoms with Crippen LogP contribution in [0.2, 0.25) is 0 Å². The Balaban J connectivity index is 2.31. The Bertz CT molecular complexity index is 715. The molecule has 0 unspecified atom stereocenters. The van der Waals surface area contributed by atoms with E-state index in [0.29, 0.717) is 5.82 Å².